The molecule has 0 amide bonds. The first-order valence-corrected chi connectivity index (χ1v) is 28.2. The maximum absolute atomic E-state index is 12.7. The van der Waals surface area contributed by atoms with E-state index in [0.717, 1.165) is 96.3 Å². The summed E-state index contributed by atoms with van der Waals surface area (Å²) < 4.78 is 32.9. The van der Waals surface area contributed by atoms with E-state index in [1.165, 1.54) is 83.5 Å². The number of carbonyl (C=O) groups is 2. The second kappa shape index (κ2) is 52.3. The quantitative estimate of drug-likeness (QED) is 0.0264. The Hall–Kier alpha value is -3.07. The number of carbonyl (C=O) groups excluding carboxylic acids is 2. The van der Waals surface area contributed by atoms with Crippen LogP contribution in [0, 0.1) is 0 Å². The molecule has 0 aromatic heterocycles. The minimum atomic E-state index is -4.39. The number of unbranched alkanes of at least 4 members (excludes halogenated alkanes) is 20. The van der Waals surface area contributed by atoms with Crippen LogP contribution in [0.5, 0.6) is 0 Å². The van der Waals surface area contributed by atoms with Crippen molar-refractivity contribution in [3.05, 3.63) is 97.2 Å². The van der Waals surface area contributed by atoms with Crippen molar-refractivity contribution in [1.82, 2.24) is 0 Å². The van der Waals surface area contributed by atoms with E-state index in [2.05, 4.69) is 111 Å². The number of hydrogen-bond acceptors (Lipinski definition) is 8. The first kappa shape index (κ1) is 63.9. The van der Waals surface area contributed by atoms with Gasteiger partial charge in [0.15, 0.2) is 6.10 Å². The van der Waals surface area contributed by atoms with E-state index in [4.69, 9.17) is 24.3 Å². The molecule has 0 aromatic rings. The molecule has 0 saturated heterocycles. The van der Waals surface area contributed by atoms with Crippen molar-refractivity contribution in [3.8, 4) is 0 Å². The van der Waals surface area contributed by atoms with E-state index in [0.29, 0.717) is 12.8 Å². The van der Waals surface area contributed by atoms with Crippen molar-refractivity contribution in [3.63, 3.8) is 0 Å². The summed E-state index contributed by atoms with van der Waals surface area (Å²) in [5.74, 6) is -0.858. The van der Waals surface area contributed by atoms with E-state index >= 15 is 0 Å². The van der Waals surface area contributed by atoms with Crippen LogP contribution < -0.4 is 5.73 Å². The monoisotopic (exact) mass is 956 g/mol. The molecule has 67 heavy (non-hydrogen) atoms. The zero-order valence-electron chi connectivity index (χ0n) is 42.6. The van der Waals surface area contributed by atoms with Crippen LogP contribution in [0.3, 0.4) is 0 Å². The number of phosphoric acid groups is 1. The zero-order valence-corrected chi connectivity index (χ0v) is 43.5. The minimum absolute atomic E-state index is 0.0459. The van der Waals surface area contributed by atoms with Crippen LogP contribution >= 0.6 is 7.82 Å². The molecule has 0 heterocycles. The molecule has 384 valence electrons. The summed E-state index contributed by atoms with van der Waals surface area (Å²) in [5.41, 5.74) is 5.37. The molecule has 0 rings (SSSR count). The van der Waals surface area contributed by atoms with Gasteiger partial charge >= 0.3 is 19.8 Å². The predicted octanol–water partition coefficient (Wildman–Crippen LogP) is 16.5. The van der Waals surface area contributed by atoms with Crippen LogP contribution in [0.15, 0.2) is 97.2 Å². The van der Waals surface area contributed by atoms with Crippen molar-refractivity contribution in [2.24, 2.45) is 5.73 Å². The van der Waals surface area contributed by atoms with Gasteiger partial charge in [-0.15, -0.1) is 0 Å². The molecule has 0 radical (unpaired) electrons. The largest absolute Gasteiger partial charge is 0.472 e. The lowest BCUT2D eigenvalue weighted by molar-refractivity contribution is -0.161. The Balaban J connectivity index is 4.00. The van der Waals surface area contributed by atoms with Gasteiger partial charge in [0.25, 0.3) is 0 Å². The molecule has 3 N–H and O–H groups in total. The highest BCUT2D eigenvalue weighted by Gasteiger charge is 2.26. The van der Waals surface area contributed by atoms with Crippen molar-refractivity contribution in [2.75, 3.05) is 26.4 Å². The fourth-order valence-electron chi connectivity index (χ4n) is 7.09. The van der Waals surface area contributed by atoms with Gasteiger partial charge in [0, 0.05) is 19.4 Å². The smallest absolute Gasteiger partial charge is 0.462 e. The maximum atomic E-state index is 12.7. The molecule has 10 heteroatoms. The van der Waals surface area contributed by atoms with E-state index in [9.17, 15) is 19.0 Å². The maximum Gasteiger partial charge on any atom is 0.472 e. The number of rotatable bonds is 49. The lowest BCUT2D eigenvalue weighted by Gasteiger charge is -2.19. The fourth-order valence-corrected chi connectivity index (χ4v) is 7.85. The Morgan fingerprint density at radius 1 is 0.448 bits per heavy atom. The van der Waals surface area contributed by atoms with Gasteiger partial charge in [0.05, 0.1) is 13.2 Å². The van der Waals surface area contributed by atoms with E-state index in [1.54, 1.807) is 0 Å². The molecule has 0 aliphatic rings. The third-order valence-corrected chi connectivity index (χ3v) is 11.9. The van der Waals surface area contributed by atoms with Crippen LogP contribution in [0.2, 0.25) is 0 Å². The SMILES string of the molecule is CC/C=C\C/C=C\C/C=C\C/C=C\CCCCCCCCCCCCCCCCCCC(=O)OC(COC(=O)CCCCCC/C=C\C/C=C\C/C=C\C/C=C\CC)COP(=O)(O)OCCN. The molecule has 0 saturated carbocycles. The van der Waals surface area contributed by atoms with E-state index in [-0.39, 0.29) is 32.6 Å². The van der Waals surface area contributed by atoms with E-state index < -0.39 is 32.5 Å². The number of hydrogen-bond donors (Lipinski definition) is 2. The predicted molar refractivity (Wildman–Crippen MR) is 284 cm³/mol. The molecule has 0 fully saturated rings. The zero-order chi connectivity index (χ0) is 48.8. The van der Waals surface area contributed by atoms with Gasteiger partial charge < -0.3 is 20.1 Å². The molecule has 0 bridgehead atoms. The summed E-state index contributed by atoms with van der Waals surface area (Å²) in [5, 5.41) is 0. The molecule has 2 unspecified atom stereocenters. The van der Waals surface area contributed by atoms with Gasteiger partial charge in [-0.2, -0.15) is 0 Å². The number of allylic oxidation sites excluding steroid dienone is 16. The molecule has 0 spiro atoms. The third kappa shape index (κ3) is 52.2. The molecular formula is C57H98NO8P. The summed E-state index contributed by atoms with van der Waals surface area (Å²) in [4.78, 5) is 35.1. The Kier molecular flexibility index (Phi) is 49.9. The number of phosphoric ester groups is 1. The second-order valence-corrected chi connectivity index (χ2v) is 18.8. The Labute approximate surface area is 410 Å². The number of ether oxygens (including phenoxy) is 2. The molecule has 2 atom stereocenters. The average Bonchev–Trinajstić information content (AvgIpc) is 3.32. The lowest BCUT2D eigenvalue weighted by atomic mass is 10.0. The molecule has 9 nitrogen and oxygen atoms in total. The highest BCUT2D eigenvalue weighted by atomic mass is 31.2. The standard InChI is InChI=1S/C57H98NO8P/c1-3-5-7-9-11-13-15-17-19-21-22-23-24-25-26-27-28-29-30-31-32-34-36-38-40-42-44-46-48-50-57(60)66-55(54-65-67(61,62)64-52-51-58)53-63-56(59)49-47-45-43-41-39-37-35-33-20-18-16-14-12-10-8-6-4-2/h5-8,11-14,17-20,22-23,35,37,55H,3-4,9-10,15-16,21,24-34,36,38-54,58H2,1-2H3,(H,61,62)/b7-5-,8-6-,13-11-,14-12-,19-17-,20-18-,23-22-,37-35-. The summed E-state index contributed by atoms with van der Waals surface area (Å²) in [6, 6.07) is 0. The first-order chi connectivity index (χ1) is 32.8. The third-order valence-electron chi connectivity index (χ3n) is 11.0. The van der Waals surface area contributed by atoms with Gasteiger partial charge in [0.2, 0.25) is 0 Å². The second-order valence-electron chi connectivity index (χ2n) is 17.3. The molecular weight excluding hydrogens is 858 g/mol. The van der Waals surface area contributed by atoms with Crippen LogP contribution in [0.25, 0.3) is 0 Å². The van der Waals surface area contributed by atoms with Gasteiger partial charge in [-0.3, -0.25) is 18.6 Å². The van der Waals surface area contributed by atoms with Gasteiger partial charge in [0.1, 0.15) is 6.61 Å². The van der Waals surface area contributed by atoms with Gasteiger partial charge in [-0.05, 0) is 89.9 Å². The minimum Gasteiger partial charge on any atom is -0.462 e. The lowest BCUT2D eigenvalue weighted by Crippen LogP contribution is -2.29. The normalized spacial score (nSPS) is 13.9. The Morgan fingerprint density at radius 3 is 1.15 bits per heavy atom. The number of esters is 2. The topological polar surface area (TPSA) is 134 Å². The summed E-state index contributed by atoms with van der Waals surface area (Å²) in [6.07, 6.45) is 68.9. The molecule has 0 aliphatic heterocycles. The first-order valence-electron chi connectivity index (χ1n) is 26.7. The van der Waals surface area contributed by atoms with E-state index in [1.807, 2.05) is 0 Å². The average molecular weight is 956 g/mol. The van der Waals surface area contributed by atoms with Crippen LogP contribution in [-0.4, -0.2) is 49.3 Å². The van der Waals surface area contributed by atoms with Crippen LogP contribution in [-0.2, 0) is 32.7 Å². The summed E-state index contributed by atoms with van der Waals surface area (Å²) >= 11 is 0. The highest BCUT2D eigenvalue weighted by molar-refractivity contribution is 7.47. The molecule has 0 aromatic carbocycles. The van der Waals surface area contributed by atoms with Crippen molar-refractivity contribution < 1.29 is 37.6 Å². The van der Waals surface area contributed by atoms with Crippen molar-refractivity contribution >= 4 is 19.8 Å². The van der Waals surface area contributed by atoms with Crippen LogP contribution in [0.4, 0.5) is 0 Å². The van der Waals surface area contributed by atoms with Gasteiger partial charge in [-0.25, -0.2) is 4.57 Å². The highest BCUT2D eigenvalue weighted by Crippen LogP contribution is 2.43. The van der Waals surface area contributed by atoms with Crippen molar-refractivity contribution in [2.45, 2.75) is 225 Å². The Bertz CT molecular complexity index is 1410. The summed E-state index contributed by atoms with van der Waals surface area (Å²) in [6.45, 7) is 3.49. The summed E-state index contributed by atoms with van der Waals surface area (Å²) in [7, 11) is -4.39. The fraction of sp³-hybridized carbons (Fsp3) is 0.684. The number of nitrogens with two attached hydrogens (primary N) is 1. The van der Waals surface area contributed by atoms with Gasteiger partial charge in [-0.1, -0.05) is 214 Å². The molecule has 0 aliphatic carbocycles. The van der Waals surface area contributed by atoms with Crippen molar-refractivity contribution in [1.29, 1.82) is 0 Å². The van der Waals surface area contributed by atoms with Crippen LogP contribution in [0.1, 0.15) is 219 Å². The Morgan fingerprint density at radius 2 is 0.776 bits per heavy atom.